The fraction of sp³-hybridized carbons (Fsp3) is 0.452. The molecule has 0 bridgehead atoms. The summed E-state index contributed by atoms with van der Waals surface area (Å²) in [6.07, 6.45) is 6.87. The summed E-state index contributed by atoms with van der Waals surface area (Å²) in [5, 5.41) is 3.31. The molecule has 1 aliphatic carbocycles. The Morgan fingerprint density at radius 2 is 1.88 bits per heavy atom. The molecular formula is C31H38N8O3. The second-order valence-corrected chi connectivity index (χ2v) is 12.1. The summed E-state index contributed by atoms with van der Waals surface area (Å²) in [6, 6.07) is 12.0. The van der Waals surface area contributed by atoms with Crippen molar-refractivity contribution in [3.05, 3.63) is 54.5 Å². The van der Waals surface area contributed by atoms with E-state index in [-0.39, 0.29) is 6.09 Å². The number of nitrogens with zero attached hydrogens (tertiary/aromatic N) is 6. The summed E-state index contributed by atoms with van der Waals surface area (Å²) in [7, 11) is 0. The van der Waals surface area contributed by atoms with Crippen molar-refractivity contribution in [1.82, 2.24) is 34.7 Å². The quantitative estimate of drug-likeness (QED) is 0.287. The van der Waals surface area contributed by atoms with E-state index in [1.165, 1.54) is 19.3 Å². The molecule has 2 N–H and O–H groups in total. The number of aromatic amines is 1. The van der Waals surface area contributed by atoms with Gasteiger partial charge in [-0.15, -0.1) is 0 Å². The second-order valence-electron chi connectivity index (χ2n) is 12.1. The fourth-order valence-corrected chi connectivity index (χ4v) is 5.10. The van der Waals surface area contributed by atoms with E-state index in [2.05, 4.69) is 30.2 Å². The average Bonchev–Trinajstić information content (AvgIpc) is 3.33. The zero-order valence-corrected chi connectivity index (χ0v) is 24.5. The Hall–Kier alpha value is -4.25. The molecule has 0 radical (unpaired) electrons. The first kappa shape index (κ1) is 27.9. The molecular weight excluding hydrogens is 532 g/mol. The summed E-state index contributed by atoms with van der Waals surface area (Å²) in [4.78, 5) is 37.8. The Morgan fingerprint density at radius 3 is 2.64 bits per heavy atom. The molecule has 4 heterocycles. The number of H-pyrrole nitrogens is 1. The summed E-state index contributed by atoms with van der Waals surface area (Å²) >= 11 is 0. The van der Waals surface area contributed by atoms with Gasteiger partial charge in [-0.3, -0.25) is 4.90 Å². The van der Waals surface area contributed by atoms with Crippen molar-refractivity contribution in [2.75, 3.05) is 38.1 Å². The predicted molar refractivity (Wildman–Crippen MR) is 161 cm³/mol. The van der Waals surface area contributed by atoms with Crippen molar-refractivity contribution in [1.29, 1.82) is 0 Å². The third-order valence-electron chi connectivity index (χ3n) is 7.61. The number of carbonyl (C=O) groups excluding carboxylic acids is 1. The lowest BCUT2D eigenvalue weighted by atomic mass is 9.86. The first-order valence-electron chi connectivity index (χ1n) is 14.6. The van der Waals surface area contributed by atoms with Gasteiger partial charge in [0.05, 0.1) is 23.3 Å². The maximum absolute atomic E-state index is 12.4. The van der Waals surface area contributed by atoms with Crippen LogP contribution in [0, 0.1) is 5.92 Å². The van der Waals surface area contributed by atoms with E-state index in [1.807, 2.05) is 57.2 Å². The third kappa shape index (κ3) is 6.96. The van der Waals surface area contributed by atoms with Gasteiger partial charge in [0.15, 0.2) is 0 Å². The molecule has 0 spiro atoms. The Labute approximate surface area is 245 Å². The highest BCUT2D eigenvalue weighted by molar-refractivity contribution is 5.83. The van der Waals surface area contributed by atoms with Crippen molar-refractivity contribution < 1.29 is 14.3 Å². The molecule has 0 unspecified atom stereocenters. The number of ether oxygens (including phenoxy) is 2. The van der Waals surface area contributed by atoms with Gasteiger partial charge in [0.2, 0.25) is 11.8 Å². The number of benzene rings is 1. The topological polar surface area (TPSA) is 121 Å². The van der Waals surface area contributed by atoms with Crippen molar-refractivity contribution >= 4 is 28.9 Å². The number of imidazole rings is 1. The van der Waals surface area contributed by atoms with Crippen LogP contribution in [0.25, 0.3) is 22.3 Å². The minimum Gasteiger partial charge on any atom is -0.477 e. The summed E-state index contributed by atoms with van der Waals surface area (Å²) in [5.74, 6) is 2.58. The summed E-state index contributed by atoms with van der Waals surface area (Å²) in [6.45, 7) is 10.0. The Morgan fingerprint density at radius 1 is 1.05 bits per heavy atom. The first-order chi connectivity index (χ1) is 20.3. The van der Waals surface area contributed by atoms with Crippen LogP contribution in [-0.4, -0.2) is 79.2 Å². The van der Waals surface area contributed by atoms with Crippen LogP contribution in [0.5, 0.6) is 5.88 Å². The average molecular weight is 571 g/mol. The van der Waals surface area contributed by atoms with Gasteiger partial charge in [0, 0.05) is 50.6 Å². The van der Waals surface area contributed by atoms with E-state index in [0.29, 0.717) is 43.3 Å². The van der Waals surface area contributed by atoms with Gasteiger partial charge in [0.1, 0.15) is 17.7 Å². The Bertz CT molecular complexity index is 1540. The lowest BCUT2D eigenvalue weighted by Gasteiger charge is -2.35. The van der Waals surface area contributed by atoms with Crippen molar-refractivity contribution in [3.8, 4) is 17.1 Å². The van der Waals surface area contributed by atoms with Gasteiger partial charge in [-0.05, 0) is 69.4 Å². The molecule has 0 atom stereocenters. The van der Waals surface area contributed by atoms with E-state index in [1.54, 1.807) is 17.4 Å². The molecule has 1 saturated carbocycles. The Balaban J connectivity index is 1.06. The van der Waals surface area contributed by atoms with Gasteiger partial charge >= 0.3 is 6.09 Å². The van der Waals surface area contributed by atoms with Crippen LogP contribution in [0.2, 0.25) is 0 Å². The van der Waals surface area contributed by atoms with Crippen molar-refractivity contribution in [3.63, 3.8) is 0 Å². The summed E-state index contributed by atoms with van der Waals surface area (Å²) in [5.41, 5.74) is 4.15. The monoisotopic (exact) mass is 570 g/mol. The van der Waals surface area contributed by atoms with E-state index in [9.17, 15) is 4.79 Å². The molecule has 1 amide bonds. The maximum Gasteiger partial charge on any atom is 0.410 e. The van der Waals surface area contributed by atoms with E-state index in [4.69, 9.17) is 14.5 Å². The van der Waals surface area contributed by atoms with Crippen LogP contribution in [0.15, 0.2) is 48.9 Å². The molecule has 3 aromatic heterocycles. The number of nitrogens with one attached hydrogen (secondary N) is 2. The maximum atomic E-state index is 12.4. The number of pyridine rings is 1. The molecule has 11 nitrogen and oxygen atoms in total. The zero-order chi connectivity index (χ0) is 29.1. The van der Waals surface area contributed by atoms with E-state index >= 15 is 0 Å². The predicted octanol–water partition coefficient (Wildman–Crippen LogP) is 5.39. The normalized spacial score (nSPS) is 16.3. The highest BCUT2D eigenvalue weighted by atomic mass is 16.6. The second kappa shape index (κ2) is 11.9. The SMILES string of the molecule is CC(C)(C)OC(=O)N1CCN(Cc2ccnc(Nc3nc4ccc(-c5cc(OCC6CCC6)ncn5)cc4[nH]3)c2)CC1. The zero-order valence-electron chi connectivity index (χ0n) is 24.5. The van der Waals surface area contributed by atoms with E-state index < -0.39 is 5.60 Å². The van der Waals surface area contributed by atoms with Gasteiger partial charge in [-0.2, -0.15) is 0 Å². The standard InChI is InChI=1S/C31H38N8O3/c1-31(2,3)42-30(40)39-13-11-38(12-14-39)18-22-9-10-32-27(15-22)37-29-35-24-8-7-23(16-26(24)36-29)25-17-28(34-20-33-25)41-19-21-5-4-6-21/h7-10,15-17,20-21H,4-6,11-14,18-19H2,1-3H3,(H2,32,35,36,37). The number of amides is 1. The molecule has 42 heavy (non-hydrogen) atoms. The molecule has 1 saturated heterocycles. The highest BCUT2D eigenvalue weighted by Gasteiger charge is 2.26. The van der Waals surface area contributed by atoms with Crippen LogP contribution in [0.4, 0.5) is 16.6 Å². The molecule has 220 valence electrons. The first-order valence-corrected chi connectivity index (χ1v) is 14.6. The molecule has 2 aliphatic rings. The molecule has 1 aromatic carbocycles. The number of anilines is 2. The van der Waals surface area contributed by atoms with Crippen molar-refractivity contribution in [2.45, 2.75) is 52.2 Å². The lowest BCUT2D eigenvalue weighted by molar-refractivity contribution is 0.0139. The molecule has 4 aromatic rings. The number of carbonyl (C=O) groups is 1. The number of rotatable bonds is 8. The van der Waals surface area contributed by atoms with Crippen LogP contribution in [0.1, 0.15) is 45.6 Å². The molecule has 11 heteroatoms. The summed E-state index contributed by atoms with van der Waals surface area (Å²) < 4.78 is 11.4. The fourth-order valence-electron chi connectivity index (χ4n) is 5.10. The molecule has 6 rings (SSSR count). The minimum atomic E-state index is -0.485. The molecule has 2 fully saturated rings. The van der Waals surface area contributed by atoms with Gasteiger partial charge in [0.25, 0.3) is 0 Å². The van der Waals surface area contributed by atoms with Gasteiger partial charge < -0.3 is 24.7 Å². The number of hydrogen-bond acceptors (Lipinski definition) is 9. The van der Waals surface area contributed by atoms with Crippen LogP contribution < -0.4 is 10.1 Å². The minimum absolute atomic E-state index is 0.245. The van der Waals surface area contributed by atoms with Gasteiger partial charge in [-0.25, -0.2) is 24.7 Å². The van der Waals surface area contributed by atoms with Crippen LogP contribution >= 0.6 is 0 Å². The third-order valence-corrected chi connectivity index (χ3v) is 7.61. The largest absolute Gasteiger partial charge is 0.477 e. The number of fused-ring (bicyclic) bond motifs is 1. The number of piperazine rings is 1. The van der Waals surface area contributed by atoms with E-state index in [0.717, 1.165) is 47.5 Å². The molecule has 1 aliphatic heterocycles. The number of hydrogen-bond donors (Lipinski definition) is 2. The van der Waals surface area contributed by atoms with Crippen molar-refractivity contribution in [2.24, 2.45) is 5.92 Å². The lowest BCUT2D eigenvalue weighted by Crippen LogP contribution is -2.49. The smallest absolute Gasteiger partial charge is 0.410 e. The Kier molecular flexibility index (Phi) is 7.92. The highest BCUT2D eigenvalue weighted by Crippen LogP contribution is 2.28. The number of aromatic nitrogens is 5. The van der Waals surface area contributed by atoms with Gasteiger partial charge in [-0.1, -0.05) is 12.5 Å². The van der Waals surface area contributed by atoms with Crippen LogP contribution in [0.3, 0.4) is 0 Å². The van der Waals surface area contributed by atoms with Crippen LogP contribution in [-0.2, 0) is 11.3 Å².